The number of benzene rings is 2. The molecule has 0 saturated carbocycles. The fourth-order valence-electron chi connectivity index (χ4n) is 4.36. The molecule has 1 aliphatic rings. The van der Waals surface area contributed by atoms with Crippen LogP contribution in [0.25, 0.3) is 17.1 Å². The van der Waals surface area contributed by atoms with E-state index in [4.69, 9.17) is 9.26 Å². The Morgan fingerprint density at radius 1 is 1.20 bits per heavy atom. The van der Waals surface area contributed by atoms with Crippen molar-refractivity contribution in [3.05, 3.63) is 71.1 Å². The van der Waals surface area contributed by atoms with Crippen LogP contribution in [0.5, 0.6) is 5.75 Å². The highest BCUT2D eigenvalue weighted by Gasteiger charge is 2.35. The quantitative estimate of drug-likeness (QED) is 0.405. The van der Waals surface area contributed by atoms with E-state index >= 15 is 0 Å². The Morgan fingerprint density at radius 2 is 1.97 bits per heavy atom. The first-order valence-electron chi connectivity index (χ1n) is 11.5. The SMILES string of the molecule is CCOc1c(F)cccc1-c1nc(C2CCCN2C(=O)c2cc(C)c(C)cc2-n2nccn2)no1. The van der Waals surface area contributed by atoms with Crippen LogP contribution in [0.2, 0.25) is 0 Å². The van der Waals surface area contributed by atoms with Gasteiger partial charge in [-0.25, -0.2) is 4.39 Å². The highest BCUT2D eigenvalue weighted by molar-refractivity contribution is 5.98. The molecule has 3 heterocycles. The van der Waals surface area contributed by atoms with Crippen LogP contribution in [-0.2, 0) is 0 Å². The van der Waals surface area contributed by atoms with Crippen LogP contribution < -0.4 is 4.74 Å². The third-order valence-corrected chi connectivity index (χ3v) is 6.22. The molecular weight excluding hydrogens is 451 g/mol. The molecule has 0 N–H and O–H groups in total. The Balaban J connectivity index is 1.48. The van der Waals surface area contributed by atoms with Crippen LogP contribution in [0.4, 0.5) is 4.39 Å². The lowest BCUT2D eigenvalue weighted by atomic mass is 10.0. The van der Waals surface area contributed by atoms with Crippen LogP contribution in [0.3, 0.4) is 0 Å². The molecule has 0 radical (unpaired) electrons. The summed E-state index contributed by atoms with van der Waals surface area (Å²) in [6.45, 7) is 6.57. The molecule has 1 saturated heterocycles. The van der Waals surface area contributed by atoms with Gasteiger partial charge >= 0.3 is 0 Å². The van der Waals surface area contributed by atoms with E-state index in [0.717, 1.165) is 17.5 Å². The summed E-state index contributed by atoms with van der Waals surface area (Å²) in [6, 6.07) is 7.96. The first kappa shape index (κ1) is 22.7. The van der Waals surface area contributed by atoms with Gasteiger partial charge in [0, 0.05) is 6.54 Å². The second kappa shape index (κ2) is 9.28. The number of carbonyl (C=O) groups excluding carboxylic acids is 1. The average molecular weight is 477 g/mol. The highest BCUT2D eigenvalue weighted by Crippen LogP contribution is 2.36. The fraction of sp³-hybridized carbons (Fsp3) is 0.320. The summed E-state index contributed by atoms with van der Waals surface area (Å²) in [6.07, 6.45) is 4.63. The van der Waals surface area contributed by atoms with Crippen molar-refractivity contribution in [2.24, 2.45) is 0 Å². The van der Waals surface area contributed by atoms with Crippen molar-refractivity contribution in [2.45, 2.75) is 39.7 Å². The molecule has 1 atom stereocenters. The number of ether oxygens (including phenoxy) is 1. The van der Waals surface area contributed by atoms with Crippen LogP contribution >= 0.6 is 0 Å². The number of hydrogen-bond acceptors (Lipinski definition) is 7. The van der Waals surface area contributed by atoms with Crippen molar-refractivity contribution in [2.75, 3.05) is 13.2 Å². The summed E-state index contributed by atoms with van der Waals surface area (Å²) in [5.74, 6) is -0.0719. The number of nitrogens with zero attached hydrogens (tertiary/aromatic N) is 6. The van der Waals surface area contributed by atoms with Crippen molar-refractivity contribution in [3.8, 4) is 22.9 Å². The van der Waals surface area contributed by atoms with Gasteiger partial charge in [0.05, 0.1) is 41.9 Å². The van der Waals surface area contributed by atoms with Crippen molar-refractivity contribution < 1.29 is 18.4 Å². The average Bonchev–Trinajstić information content (AvgIpc) is 3.62. The number of carbonyl (C=O) groups is 1. The number of likely N-dealkylation sites (tertiary alicyclic amines) is 1. The maximum absolute atomic E-state index is 14.3. The minimum atomic E-state index is -0.503. The molecular formula is C25H25FN6O3. The standard InChI is InChI=1S/C25H25FN6O3/c1-4-34-22-17(7-5-8-19(22)26)24-29-23(30-35-24)20-9-6-12-31(20)25(33)18-13-15(2)16(3)14-21(18)32-27-10-11-28-32/h5,7-8,10-11,13-14,20H,4,6,9,12H2,1-3H3. The minimum absolute atomic E-state index is 0.0658. The lowest BCUT2D eigenvalue weighted by Crippen LogP contribution is -2.32. The van der Waals surface area contributed by atoms with E-state index in [0.29, 0.717) is 42.2 Å². The zero-order chi connectivity index (χ0) is 24.5. The fourth-order valence-corrected chi connectivity index (χ4v) is 4.36. The van der Waals surface area contributed by atoms with Crippen molar-refractivity contribution >= 4 is 5.91 Å². The Labute approximate surface area is 201 Å². The summed E-state index contributed by atoms with van der Waals surface area (Å²) in [5, 5.41) is 12.6. The molecule has 10 heteroatoms. The van der Waals surface area contributed by atoms with Gasteiger partial charge in [0.25, 0.3) is 11.8 Å². The molecule has 2 aromatic carbocycles. The summed E-state index contributed by atoms with van der Waals surface area (Å²) >= 11 is 0. The minimum Gasteiger partial charge on any atom is -0.490 e. The topological polar surface area (TPSA) is 99.2 Å². The van der Waals surface area contributed by atoms with E-state index in [-0.39, 0.29) is 23.6 Å². The number of aromatic nitrogens is 5. The van der Waals surface area contributed by atoms with E-state index in [1.165, 1.54) is 10.9 Å². The molecule has 0 spiro atoms. The zero-order valence-corrected chi connectivity index (χ0v) is 19.7. The lowest BCUT2D eigenvalue weighted by Gasteiger charge is -2.24. The zero-order valence-electron chi connectivity index (χ0n) is 19.7. The normalized spacial score (nSPS) is 15.5. The monoisotopic (exact) mass is 476 g/mol. The van der Waals surface area contributed by atoms with Gasteiger partial charge in [0.15, 0.2) is 17.4 Å². The predicted molar refractivity (Wildman–Crippen MR) is 125 cm³/mol. The molecule has 1 unspecified atom stereocenters. The molecule has 0 aliphatic carbocycles. The second-order valence-corrected chi connectivity index (χ2v) is 8.44. The van der Waals surface area contributed by atoms with Gasteiger partial charge < -0.3 is 14.2 Å². The smallest absolute Gasteiger partial charge is 0.261 e. The van der Waals surface area contributed by atoms with E-state index < -0.39 is 5.82 Å². The molecule has 0 bridgehead atoms. The summed E-state index contributed by atoms with van der Waals surface area (Å²) in [5.41, 5.74) is 3.53. The summed E-state index contributed by atoms with van der Waals surface area (Å²) < 4.78 is 25.3. The summed E-state index contributed by atoms with van der Waals surface area (Å²) in [4.78, 5) is 21.5. The maximum Gasteiger partial charge on any atom is 0.261 e. The van der Waals surface area contributed by atoms with Crippen molar-refractivity contribution in [1.82, 2.24) is 30.0 Å². The van der Waals surface area contributed by atoms with E-state index in [1.54, 1.807) is 36.4 Å². The van der Waals surface area contributed by atoms with Gasteiger partial charge in [0.2, 0.25) is 0 Å². The molecule has 9 nitrogen and oxygen atoms in total. The van der Waals surface area contributed by atoms with Gasteiger partial charge in [-0.05, 0) is 69.0 Å². The van der Waals surface area contributed by atoms with E-state index in [1.807, 2.05) is 26.0 Å². The molecule has 1 amide bonds. The van der Waals surface area contributed by atoms with Crippen molar-refractivity contribution in [1.29, 1.82) is 0 Å². The first-order valence-corrected chi connectivity index (χ1v) is 11.5. The third kappa shape index (κ3) is 4.16. The summed E-state index contributed by atoms with van der Waals surface area (Å²) in [7, 11) is 0. The molecule has 5 rings (SSSR count). The Kier molecular flexibility index (Phi) is 6.02. The van der Waals surface area contributed by atoms with Gasteiger partial charge in [-0.2, -0.15) is 20.0 Å². The Morgan fingerprint density at radius 3 is 2.74 bits per heavy atom. The second-order valence-electron chi connectivity index (χ2n) is 8.44. The lowest BCUT2D eigenvalue weighted by molar-refractivity contribution is 0.0728. The number of amides is 1. The predicted octanol–water partition coefficient (Wildman–Crippen LogP) is 4.45. The van der Waals surface area contributed by atoms with E-state index in [9.17, 15) is 9.18 Å². The number of hydrogen-bond donors (Lipinski definition) is 0. The molecule has 2 aromatic heterocycles. The molecule has 35 heavy (non-hydrogen) atoms. The maximum atomic E-state index is 14.3. The van der Waals surface area contributed by atoms with Gasteiger partial charge in [0.1, 0.15) is 0 Å². The highest BCUT2D eigenvalue weighted by atomic mass is 19.1. The first-order chi connectivity index (χ1) is 17.0. The van der Waals surface area contributed by atoms with Gasteiger partial charge in [-0.1, -0.05) is 11.2 Å². The number of halogens is 1. The number of para-hydroxylation sites is 1. The number of aryl methyl sites for hydroxylation is 2. The van der Waals surface area contributed by atoms with Crippen LogP contribution in [0.1, 0.15) is 53.1 Å². The third-order valence-electron chi connectivity index (χ3n) is 6.22. The number of rotatable bonds is 6. The molecule has 4 aromatic rings. The Hall–Kier alpha value is -4.08. The Bertz CT molecular complexity index is 1370. The molecule has 1 fully saturated rings. The van der Waals surface area contributed by atoms with Crippen molar-refractivity contribution in [3.63, 3.8) is 0 Å². The van der Waals surface area contributed by atoms with Crippen LogP contribution in [0.15, 0.2) is 47.2 Å². The van der Waals surface area contributed by atoms with E-state index in [2.05, 4.69) is 20.3 Å². The molecule has 1 aliphatic heterocycles. The largest absolute Gasteiger partial charge is 0.490 e. The van der Waals surface area contributed by atoms with Gasteiger partial charge in [-0.3, -0.25) is 4.79 Å². The van der Waals surface area contributed by atoms with Crippen LogP contribution in [-0.4, -0.2) is 49.1 Å². The van der Waals surface area contributed by atoms with Crippen LogP contribution in [0, 0.1) is 19.7 Å². The van der Waals surface area contributed by atoms with Gasteiger partial charge in [-0.15, -0.1) is 0 Å². The molecule has 180 valence electrons.